The van der Waals surface area contributed by atoms with Crippen molar-refractivity contribution >= 4 is 15.9 Å². The second kappa shape index (κ2) is 1.63. The van der Waals surface area contributed by atoms with Crippen LogP contribution in [-0.4, -0.2) is 5.11 Å². The molecule has 0 amide bonds. The fourth-order valence-corrected chi connectivity index (χ4v) is 1.88. The van der Waals surface area contributed by atoms with Crippen LogP contribution in [0.5, 0.6) is 0 Å². The van der Waals surface area contributed by atoms with E-state index in [-0.39, 0.29) is 0 Å². The van der Waals surface area contributed by atoms with Crippen LogP contribution >= 0.6 is 15.9 Å². The van der Waals surface area contributed by atoms with Crippen molar-refractivity contribution in [3.63, 3.8) is 0 Å². The first-order chi connectivity index (χ1) is 4.29. The maximum absolute atomic E-state index is 9.13. The van der Waals surface area contributed by atoms with Gasteiger partial charge in [-0.15, -0.1) is 0 Å². The Labute approximate surface area is 62.2 Å². The fraction of sp³-hybridized carbons (Fsp3) is 0.429. The summed E-state index contributed by atoms with van der Waals surface area (Å²) in [6.07, 6.45) is 4.83. The second-order valence-corrected chi connectivity index (χ2v) is 3.51. The van der Waals surface area contributed by atoms with Gasteiger partial charge < -0.3 is 5.11 Å². The molecule has 1 unspecified atom stereocenters. The van der Waals surface area contributed by atoms with Gasteiger partial charge in [0.05, 0.1) is 5.76 Å². The average Bonchev–Trinajstić information content (AvgIpc) is 2.57. The van der Waals surface area contributed by atoms with Gasteiger partial charge in [-0.2, -0.15) is 0 Å². The van der Waals surface area contributed by atoms with Crippen molar-refractivity contribution < 1.29 is 5.11 Å². The predicted octanol–water partition coefficient (Wildman–Crippen LogP) is 2.36. The molecule has 0 radical (unpaired) electrons. The molecule has 2 rings (SSSR count). The van der Waals surface area contributed by atoms with Gasteiger partial charge in [0.2, 0.25) is 0 Å². The summed E-state index contributed by atoms with van der Waals surface area (Å²) in [5, 5.41) is 9.13. The summed E-state index contributed by atoms with van der Waals surface area (Å²) in [6.45, 7) is 0. The molecule has 0 aromatic heterocycles. The monoisotopic (exact) mass is 186 g/mol. The number of aliphatic hydroxyl groups excluding tert-OH is 1. The molecule has 1 saturated carbocycles. The smallest absolute Gasteiger partial charge is 0.0960 e. The van der Waals surface area contributed by atoms with Gasteiger partial charge in [-0.25, -0.2) is 0 Å². The number of halogens is 1. The molecule has 2 aliphatic carbocycles. The Morgan fingerprint density at radius 1 is 1.44 bits per heavy atom. The van der Waals surface area contributed by atoms with Gasteiger partial charge in [0, 0.05) is 11.8 Å². The maximum atomic E-state index is 9.13. The molecular formula is C7H7BrO. The third kappa shape index (κ3) is 0.732. The van der Waals surface area contributed by atoms with Crippen LogP contribution in [0.4, 0.5) is 0 Å². The molecule has 0 aromatic carbocycles. The van der Waals surface area contributed by atoms with Crippen molar-refractivity contribution in [2.45, 2.75) is 6.42 Å². The zero-order valence-electron chi connectivity index (χ0n) is 4.84. The molecule has 2 aliphatic rings. The number of rotatable bonds is 0. The zero-order chi connectivity index (χ0) is 6.43. The first kappa shape index (κ1) is 5.54. The fourth-order valence-electron chi connectivity index (χ4n) is 1.24. The number of hydrogen-bond acceptors (Lipinski definition) is 1. The normalized spacial score (nSPS) is 38.8. The topological polar surface area (TPSA) is 20.2 Å². The first-order valence-electron chi connectivity index (χ1n) is 3.05. The van der Waals surface area contributed by atoms with Gasteiger partial charge in [-0.05, 0) is 23.1 Å². The van der Waals surface area contributed by atoms with E-state index in [1.165, 1.54) is 4.48 Å². The minimum atomic E-state index is 0.448. The van der Waals surface area contributed by atoms with Gasteiger partial charge in [0.15, 0.2) is 0 Å². The zero-order valence-corrected chi connectivity index (χ0v) is 6.43. The van der Waals surface area contributed by atoms with E-state index in [1.807, 2.05) is 6.08 Å². The Morgan fingerprint density at radius 2 is 2.22 bits per heavy atom. The minimum absolute atomic E-state index is 0.448. The van der Waals surface area contributed by atoms with E-state index in [1.54, 1.807) is 6.08 Å². The number of fused-ring (bicyclic) bond motifs is 1. The lowest BCUT2D eigenvalue weighted by Crippen LogP contribution is -1.91. The summed E-state index contributed by atoms with van der Waals surface area (Å²) in [5.74, 6) is 1.61. The molecule has 0 aromatic rings. The van der Waals surface area contributed by atoms with Crippen LogP contribution in [0.3, 0.4) is 0 Å². The van der Waals surface area contributed by atoms with Crippen LogP contribution in [0.2, 0.25) is 0 Å². The van der Waals surface area contributed by atoms with Crippen molar-refractivity contribution in [3.05, 3.63) is 22.4 Å². The van der Waals surface area contributed by atoms with Gasteiger partial charge in [-0.1, -0.05) is 15.9 Å². The summed E-state index contributed by atoms with van der Waals surface area (Å²) < 4.78 is 1.24. The largest absolute Gasteiger partial charge is 0.512 e. The van der Waals surface area contributed by atoms with Gasteiger partial charge in [-0.3, -0.25) is 0 Å². The molecule has 1 nitrogen and oxygen atoms in total. The molecule has 0 bridgehead atoms. The summed E-state index contributed by atoms with van der Waals surface area (Å²) in [7, 11) is 0. The molecule has 9 heavy (non-hydrogen) atoms. The summed E-state index contributed by atoms with van der Waals surface area (Å²) in [5.41, 5.74) is 0. The van der Waals surface area contributed by atoms with Crippen LogP contribution in [-0.2, 0) is 0 Å². The summed E-state index contributed by atoms with van der Waals surface area (Å²) >= 11 is 3.43. The van der Waals surface area contributed by atoms with E-state index in [2.05, 4.69) is 15.9 Å². The molecule has 1 N–H and O–H groups in total. The van der Waals surface area contributed by atoms with Crippen LogP contribution in [0.1, 0.15) is 6.42 Å². The van der Waals surface area contributed by atoms with E-state index in [4.69, 9.17) is 5.11 Å². The van der Waals surface area contributed by atoms with Crippen molar-refractivity contribution in [2.75, 3.05) is 0 Å². The van der Waals surface area contributed by atoms with Crippen molar-refractivity contribution in [1.82, 2.24) is 0 Å². The van der Waals surface area contributed by atoms with Crippen molar-refractivity contribution in [1.29, 1.82) is 0 Å². The Morgan fingerprint density at radius 3 is 2.89 bits per heavy atom. The molecule has 0 aliphatic heterocycles. The summed E-state index contributed by atoms with van der Waals surface area (Å²) in [6, 6.07) is 0. The predicted molar refractivity (Wildman–Crippen MR) is 39.3 cm³/mol. The second-order valence-electron chi connectivity index (χ2n) is 2.59. The van der Waals surface area contributed by atoms with Crippen LogP contribution in [0.25, 0.3) is 0 Å². The van der Waals surface area contributed by atoms with Crippen molar-refractivity contribution in [3.8, 4) is 0 Å². The van der Waals surface area contributed by atoms with E-state index >= 15 is 0 Å². The minimum Gasteiger partial charge on any atom is -0.512 e. The highest BCUT2D eigenvalue weighted by molar-refractivity contribution is 9.11. The van der Waals surface area contributed by atoms with Crippen LogP contribution in [0, 0.1) is 11.8 Å². The lowest BCUT2D eigenvalue weighted by molar-refractivity contribution is 0.373. The van der Waals surface area contributed by atoms with Crippen LogP contribution < -0.4 is 0 Å². The lowest BCUT2D eigenvalue weighted by atomic mass is 10.2. The summed E-state index contributed by atoms with van der Waals surface area (Å²) in [4.78, 5) is 0. The van der Waals surface area contributed by atoms with Gasteiger partial charge in [0.1, 0.15) is 0 Å². The standard InChI is InChI=1S/C7H7BrO/c8-6-1-2-7(9)5-3-4(5)6/h1-2,4-5,9H,3H2/t4?,5-/m0/s1. The Bertz CT molecular complexity index is 183. The highest BCUT2D eigenvalue weighted by atomic mass is 79.9. The molecule has 1 fully saturated rings. The van der Waals surface area contributed by atoms with E-state index in [0.717, 1.165) is 6.42 Å². The molecule has 48 valence electrons. The third-order valence-corrected chi connectivity index (χ3v) is 2.79. The average molecular weight is 187 g/mol. The SMILES string of the molecule is OC1=CC=C(Br)C2C[C@H]12. The van der Waals surface area contributed by atoms with Gasteiger partial charge >= 0.3 is 0 Å². The lowest BCUT2D eigenvalue weighted by Gasteiger charge is -2.02. The molecule has 2 atom stereocenters. The Balaban J connectivity index is 2.33. The highest BCUT2D eigenvalue weighted by Crippen LogP contribution is 2.52. The number of allylic oxidation sites excluding steroid dienone is 4. The number of hydrogen-bond donors (Lipinski definition) is 1. The highest BCUT2D eigenvalue weighted by Gasteiger charge is 2.43. The van der Waals surface area contributed by atoms with E-state index in [0.29, 0.717) is 17.6 Å². The van der Waals surface area contributed by atoms with E-state index < -0.39 is 0 Å². The Kier molecular flexibility index (Phi) is 1.00. The quantitative estimate of drug-likeness (QED) is 0.617. The molecule has 0 saturated heterocycles. The van der Waals surface area contributed by atoms with Crippen molar-refractivity contribution in [2.24, 2.45) is 11.8 Å². The van der Waals surface area contributed by atoms with E-state index in [9.17, 15) is 0 Å². The first-order valence-corrected chi connectivity index (χ1v) is 3.84. The third-order valence-electron chi connectivity index (χ3n) is 1.94. The van der Waals surface area contributed by atoms with Gasteiger partial charge in [0.25, 0.3) is 0 Å². The molecule has 0 spiro atoms. The molecular weight excluding hydrogens is 180 g/mol. The maximum Gasteiger partial charge on any atom is 0.0960 e. The number of aliphatic hydroxyl groups is 1. The Hall–Kier alpha value is -0.240. The molecule has 2 heteroatoms. The molecule has 0 heterocycles. The van der Waals surface area contributed by atoms with Crippen LogP contribution in [0.15, 0.2) is 22.4 Å².